The van der Waals surface area contributed by atoms with Crippen molar-refractivity contribution in [1.82, 2.24) is 16.0 Å². The van der Waals surface area contributed by atoms with E-state index in [1.165, 1.54) is 31.4 Å². The summed E-state index contributed by atoms with van der Waals surface area (Å²) in [4.78, 5) is 16.5. The molecule has 0 aliphatic heterocycles. The summed E-state index contributed by atoms with van der Waals surface area (Å²) in [5, 5.41) is 10.3. The summed E-state index contributed by atoms with van der Waals surface area (Å²) in [6, 6.07) is 6.46. The van der Waals surface area contributed by atoms with Gasteiger partial charge in [0.25, 0.3) is 0 Å². The number of rotatable bonds is 8. The van der Waals surface area contributed by atoms with Crippen LogP contribution in [0.15, 0.2) is 29.3 Å². The second-order valence-corrected chi connectivity index (χ2v) is 7.56. The molecule has 0 heterocycles. The third-order valence-electron chi connectivity index (χ3n) is 4.38. The lowest BCUT2D eigenvalue weighted by Gasteiger charge is -2.17. The molecule has 2 rings (SSSR count). The van der Waals surface area contributed by atoms with E-state index in [4.69, 9.17) is 0 Å². The van der Waals surface area contributed by atoms with E-state index < -0.39 is 0 Å². The lowest BCUT2D eigenvalue weighted by atomic mass is 10.1. The van der Waals surface area contributed by atoms with Crippen molar-refractivity contribution >= 4 is 23.6 Å². The fourth-order valence-corrected chi connectivity index (χ4v) is 3.81. The molecule has 0 spiro atoms. The minimum absolute atomic E-state index is 0.0802. The van der Waals surface area contributed by atoms with Crippen molar-refractivity contribution in [1.29, 1.82) is 0 Å². The van der Waals surface area contributed by atoms with Gasteiger partial charge in [-0.05, 0) is 50.1 Å². The van der Waals surface area contributed by atoms with E-state index in [1.54, 1.807) is 12.1 Å². The van der Waals surface area contributed by atoms with E-state index in [2.05, 4.69) is 27.2 Å². The van der Waals surface area contributed by atoms with Crippen molar-refractivity contribution in [2.75, 3.05) is 25.9 Å². The van der Waals surface area contributed by atoms with Gasteiger partial charge in [-0.15, -0.1) is 0 Å². The van der Waals surface area contributed by atoms with E-state index in [1.807, 2.05) is 18.7 Å². The largest absolute Gasteiger partial charge is 0.357 e. The number of aliphatic imine (C=N–C) groups is 1. The highest BCUT2D eigenvalue weighted by Gasteiger charge is 2.24. The van der Waals surface area contributed by atoms with Gasteiger partial charge >= 0.3 is 0 Å². The SMILES string of the molecule is CCNC(=NCCNC(=O)Cc1ccc(F)cc1)NC1CCC(SC)C1. The van der Waals surface area contributed by atoms with E-state index in [-0.39, 0.29) is 18.1 Å². The topological polar surface area (TPSA) is 65.5 Å². The molecule has 0 radical (unpaired) electrons. The molecule has 2 atom stereocenters. The Bertz CT molecular complexity index is 594. The zero-order valence-electron chi connectivity index (χ0n) is 15.6. The monoisotopic (exact) mass is 380 g/mol. The molecule has 1 aromatic rings. The van der Waals surface area contributed by atoms with Gasteiger partial charge in [-0.1, -0.05) is 12.1 Å². The van der Waals surface area contributed by atoms with Crippen LogP contribution in [0.4, 0.5) is 4.39 Å². The van der Waals surface area contributed by atoms with Gasteiger partial charge in [0.15, 0.2) is 5.96 Å². The first-order valence-corrected chi connectivity index (χ1v) is 10.5. The van der Waals surface area contributed by atoms with Crippen molar-refractivity contribution in [3.63, 3.8) is 0 Å². The highest BCUT2D eigenvalue weighted by Crippen LogP contribution is 2.27. The molecule has 5 nitrogen and oxygen atoms in total. The molecule has 144 valence electrons. The molecule has 1 aliphatic carbocycles. The molecule has 2 unspecified atom stereocenters. The maximum absolute atomic E-state index is 12.9. The smallest absolute Gasteiger partial charge is 0.224 e. The number of carbonyl (C=O) groups excluding carboxylic acids is 1. The zero-order valence-corrected chi connectivity index (χ0v) is 16.4. The number of nitrogens with one attached hydrogen (secondary N) is 3. The second-order valence-electron chi connectivity index (χ2n) is 6.43. The first-order chi connectivity index (χ1) is 12.6. The Morgan fingerprint density at radius 2 is 2.04 bits per heavy atom. The molecule has 0 saturated heterocycles. The van der Waals surface area contributed by atoms with Gasteiger partial charge in [-0.2, -0.15) is 11.8 Å². The van der Waals surface area contributed by atoms with Crippen LogP contribution in [0.25, 0.3) is 0 Å². The minimum atomic E-state index is -0.293. The lowest BCUT2D eigenvalue weighted by Crippen LogP contribution is -2.43. The number of halogens is 1. The number of amides is 1. The quantitative estimate of drug-likeness (QED) is 0.368. The molecule has 7 heteroatoms. The van der Waals surface area contributed by atoms with Crippen molar-refractivity contribution in [3.05, 3.63) is 35.6 Å². The number of guanidine groups is 1. The molecule has 1 amide bonds. The second kappa shape index (κ2) is 11.1. The number of hydrogen-bond acceptors (Lipinski definition) is 3. The number of hydrogen-bond donors (Lipinski definition) is 3. The molecular weight excluding hydrogens is 351 g/mol. The van der Waals surface area contributed by atoms with Crippen LogP contribution >= 0.6 is 11.8 Å². The highest BCUT2D eigenvalue weighted by atomic mass is 32.2. The average Bonchev–Trinajstić information content (AvgIpc) is 3.08. The standard InChI is InChI=1S/C19H29FN4OS/c1-3-21-19(24-16-8-9-17(13-16)26-2)23-11-10-22-18(25)12-14-4-6-15(20)7-5-14/h4-7,16-17H,3,8-13H2,1-2H3,(H,22,25)(H2,21,23,24). The molecule has 1 saturated carbocycles. The summed E-state index contributed by atoms with van der Waals surface area (Å²) in [5.41, 5.74) is 0.798. The first-order valence-electron chi connectivity index (χ1n) is 9.19. The van der Waals surface area contributed by atoms with Crippen LogP contribution in [0.1, 0.15) is 31.7 Å². The predicted octanol–water partition coefficient (Wildman–Crippen LogP) is 2.32. The Labute approximate surface area is 159 Å². The number of nitrogens with zero attached hydrogens (tertiary/aromatic N) is 1. The van der Waals surface area contributed by atoms with Crippen LogP contribution in [-0.4, -0.2) is 49.0 Å². The zero-order chi connectivity index (χ0) is 18.8. The molecule has 1 fully saturated rings. The van der Waals surface area contributed by atoms with Gasteiger partial charge in [0.05, 0.1) is 13.0 Å². The highest BCUT2D eigenvalue weighted by molar-refractivity contribution is 7.99. The van der Waals surface area contributed by atoms with Gasteiger partial charge in [0, 0.05) is 24.4 Å². The summed E-state index contributed by atoms with van der Waals surface area (Å²) in [6.07, 6.45) is 6.00. The van der Waals surface area contributed by atoms with E-state index in [0.717, 1.165) is 23.3 Å². The van der Waals surface area contributed by atoms with Gasteiger partial charge in [0.2, 0.25) is 5.91 Å². The number of benzene rings is 1. The lowest BCUT2D eigenvalue weighted by molar-refractivity contribution is -0.120. The summed E-state index contributed by atoms with van der Waals surface area (Å²) in [6.45, 7) is 3.85. The first kappa shape index (κ1) is 20.6. The average molecular weight is 381 g/mol. The Kier molecular flexibility index (Phi) is 8.74. The molecular formula is C19H29FN4OS. The molecule has 1 aromatic carbocycles. The normalized spacial score (nSPS) is 20.0. The van der Waals surface area contributed by atoms with Crippen LogP contribution in [0.5, 0.6) is 0 Å². The third kappa shape index (κ3) is 7.23. The van der Waals surface area contributed by atoms with E-state index in [0.29, 0.717) is 19.1 Å². The van der Waals surface area contributed by atoms with Gasteiger partial charge in [0.1, 0.15) is 5.82 Å². The Morgan fingerprint density at radius 1 is 1.27 bits per heavy atom. The Balaban J connectivity index is 1.71. The third-order valence-corrected chi connectivity index (χ3v) is 5.48. The van der Waals surface area contributed by atoms with E-state index >= 15 is 0 Å². The predicted molar refractivity (Wildman–Crippen MR) is 107 cm³/mol. The molecule has 26 heavy (non-hydrogen) atoms. The minimum Gasteiger partial charge on any atom is -0.357 e. The van der Waals surface area contributed by atoms with Crippen molar-refractivity contribution < 1.29 is 9.18 Å². The maximum atomic E-state index is 12.9. The van der Waals surface area contributed by atoms with Crippen LogP contribution in [0.3, 0.4) is 0 Å². The fraction of sp³-hybridized carbons (Fsp3) is 0.579. The number of carbonyl (C=O) groups is 1. The Morgan fingerprint density at radius 3 is 2.69 bits per heavy atom. The van der Waals surface area contributed by atoms with Crippen LogP contribution in [-0.2, 0) is 11.2 Å². The van der Waals surface area contributed by atoms with Crippen molar-refractivity contribution in [3.8, 4) is 0 Å². The van der Waals surface area contributed by atoms with Crippen LogP contribution in [0, 0.1) is 5.82 Å². The summed E-state index contributed by atoms with van der Waals surface area (Å²) in [7, 11) is 0. The summed E-state index contributed by atoms with van der Waals surface area (Å²) in [5.74, 6) is 0.438. The maximum Gasteiger partial charge on any atom is 0.224 e. The van der Waals surface area contributed by atoms with Crippen molar-refractivity contribution in [2.24, 2.45) is 4.99 Å². The van der Waals surface area contributed by atoms with E-state index in [9.17, 15) is 9.18 Å². The van der Waals surface area contributed by atoms with Gasteiger partial charge in [-0.3, -0.25) is 9.79 Å². The van der Waals surface area contributed by atoms with Gasteiger partial charge < -0.3 is 16.0 Å². The molecule has 1 aliphatic rings. The van der Waals surface area contributed by atoms with Crippen LogP contribution in [0.2, 0.25) is 0 Å². The molecule has 0 aromatic heterocycles. The van der Waals surface area contributed by atoms with Crippen molar-refractivity contribution in [2.45, 2.75) is 43.9 Å². The molecule has 0 bridgehead atoms. The fourth-order valence-electron chi connectivity index (χ4n) is 3.01. The van der Waals surface area contributed by atoms with Crippen LogP contribution < -0.4 is 16.0 Å². The number of thioether (sulfide) groups is 1. The Hall–Kier alpha value is -1.76. The summed E-state index contributed by atoms with van der Waals surface area (Å²) < 4.78 is 12.9. The molecule has 3 N–H and O–H groups in total. The van der Waals surface area contributed by atoms with Gasteiger partial charge in [-0.25, -0.2) is 4.39 Å². The summed E-state index contributed by atoms with van der Waals surface area (Å²) >= 11 is 1.93.